The van der Waals surface area contributed by atoms with E-state index in [1.165, 1.54) is 11.8 Å². The van der Waals surface area contributed by atoms with E-state index in [0.29, 0.717) is 34.1 Å². The number of primary amides is 1. The standard InChI is InChI=1S/C16H15ClN4O2S/c17-12-5-2-1-4-11(12)10-24-16-20-19-15(13-6-3-9-23-13)21(16)8-7-14(18)22/h1-6,9H,7-8,10H2,(H2,18,22). The molecule has 3 rings (SSSR count). The van der Waals surface area contributed by atoms with Crippen molar-refractivity contribution in [3.8, 4) is 11.6 Å². The van der Waals surface area contributed by atoms with Crippen molar-refractivity contribution in [3.05, 3.63) is 53.2 Å². The van der Waals surface area contributed by atoms with Crippen LogP contribution < -0.4 is 5.73 Å². The van der Waals surface area contributed by atoms with Gasteiger partial charge in [0.15, 0.2) is 16.7 Å². The van der Waals surface area contributed by atoms with Crippen LogP contribution in [0, 0.1) is 0 Å². The van der Waals surface area contributed by atoms with Crippen LogP contribution in [0.2, 0.25) is 5.02 Å². The topological polar surface area (TPSA) is 86.9 Å². The first-order valence-corrected chi connectivity index (χ1v) is 8.63. The summed E-state index contributed by atoms with van der Waals surface area (Å²) < 4.78 is 7.23. The van der Waals surface area contributed by atoms with Crippen LogP contribution in [0.5, 0.6) is 0 Å². The van der Waals surface area contributed by atoms with Crippen LogP contribution in [0.3, 0.4) is 0 Å². The molecule has 3 aromatic rings. The molecule has 1 aromatic carbocycles. The van der Waals surface area contributed by atoms with E-state index in [2.05, 4.69) is 10.2 Å². The Bertz CT molecular complexity index is 832. The van der Waals surface area contributed by atoms with Crippen LogP contribution in [-0.2, 0) is 17.1 Å². The Balaban J connectivity index is 1.84. The van der Waals surface area contributed by atoms with E-state index in [1.54, 1.807) is 18.4 Å². The number of benzene rings is 1. The normalized spacial score (nSPS) is 10.9. The molecule has 2 heterocycles. The zero-order chi connectivity index (χ0) is 16.9. The molecule has 24 heavy (non-hydrogen) atoms. The monoisotopic (exact) mass is 362 g/mol. The van der Waals surface area contributed by atoms with Crippen molar-refractivity contribution >= 4 is 29.3 Å². The Kier molecular flexibility index (Phi) is 5.22. The van der Waals surface area contributed by atoms with E-state index in [4.69, 9.17) is 21.8 Å². The molecule has 0 saturated heterocycles. The van der Waals surface area contributed by atoms with Gasteiger partial charge in [-0.1, -0.05) is 41.6 Å². The maximum atomic E-state index is 11.1. The van der Waals surface area contributed by atoms with Crippen molar-refractivity contribution < 1.29 is 9.21 Å². The summed E-state index contributed by atoms with van der Waals surface area (Å²) in [5.41, 5.74) is 6.28. The molecule has 1 amide bonds. The number of nitrogens with zero attached hydrogens (tertiary/aromatic N) is 3. The molecule has 0 aliphatic carbocycles. The fourth-order valence-corrected chi connectivity index (χ4v) is 3.42. The highest BCUT2D eigenvalue weighted by Gasteiger charge is 2.17. The first-order valence-electron chi connectivity index (χ1n) is 7.26. The predicted molar refractivity (Wildman–Crippen MR) is 92.5 cm³/mol. The molecule has 0 atom stereocenters. The molecule has 124 valence electrons. The van der Waals surface area contributed by atoms with Gasteiger partial charge >= 0.3 is 0 Å². The average Bonchev–Trinajstić information content (AvgIpc) is 3.21. The van der Waals surface area contributed by atoms with Crippen LogP contribution in [-0.4, -0.2) is 20.7 Å². The molecule has 0 fully saturated rings. The van der Waals surface area contributed by atoms with Crippen molar-refractivity contribution in [1.82, 2.24) is 14.8 Å². The second kappa shape index (κ2) is 7.55. The van der Waals surface area contributed by atoms with E-state index in [0.717, 1.165) is 5.56 Å². The molecule has 0 radical (unpaired) electrons. The summed E-state index contributed by atoms with van der Waals surface area (Å²) in [6, 6.07) is 11.2. The fraction of sp³-hybridized carbons (Fsp3) is 0.188. The molecule has 2 aromatic heterocycles. The van der Waals surface area contributed by atoms with Crippen LogP contribution in [0.1, 0.15) is 12.0 Å². The SMILES string of the molecule is NC(=O)CCn1c(SCc2ccccc2Cl)nnc1-c1ccco1. The van der Waals surface area contributed by atoms with Crippen LogP contribution in [0.4, 0.5) is 0 Å². The molecule has 0 aliphatic heterocycles. The second-order valence-corrected chi connectivity index (χ2v) is 6.38. The summed E-state index contributed by atoms with van der Waals surface area (Å²) in [6.07, 6.45) is 1.77. The zero-order valence-electron chi connectivity index (χ0n) is 12.7. The number of rotatable bonds is 7. The lowest BCUT2D eigenvalue weighted by atomic mass is 10.2. The molecule has 0 saturated carbocycles. The molecule has 6 nitrogen and oxygen atoms in total. The summed E-state index contributed by atoms with van der Waals surface area (Å²) in [4.78, 5) is 11.1. The Morgan fingerprint density at radius 3 is 2.79 bits per heavy atom. The first kappa shape index (κ1) is 16.6. The lowest BCUT2D eigenvalue weighted by molar-refractivity contribution is -0.118. The lowest BCUT2D eigenvalue weighted by Crippen LogP contribution is -2.15. The highest BCUT2D eigenvalue weighted by molar-refractivity contribution is 7.98. The van der Waals surface area contributed by atoms with Gasteiger partial charge in [-0.2, -0.15) is 0 Å². The van der Waals surface area contributed by atoms with Crippen molar-refractivity contribution in [2.45, 2.75) is 23.9 Å². The van der Waals surface area contributed by atoms with Gasteiger partial charge in [-0.3, -0.25) is 9.36 Å². The molecule has 2 N–H and O–H groups in total. The van der Waals surface area contributed by atoms with Crippen LogP contribution in [0.15, 0.2) is 52.2 Å². The van der Waals surface area contributed by atoms with Gasteiger partial charge in [0.05, 0.1) is 6.26 Å². The molecule has 0 spiro atoms. The van der Waals surface area contributed by atoms with Crippen molar-refractivity contribution in [2.75, 3.05) is 0 Å². The summed E-state index contributed by atoms with van der Waals surface area (Å²) in [5.74, 6) is 1.43. The van der Waals surface area contributed by atoms with Crippen molar-refractivity contribution in [3.63, 3.8) is 0 Å². The Hall–Kier alpha value is -2.25. The third-order valence-electron chi connectivity index (χ3n) is 3.35. The number of nitrogens with two attached hydrogens (primary N) is 1. The number of carbonyl (C=O) groups excluding carboxylic acids is 1. The van der Waals surface area contributed by atoms with E-state index in [-0.39, 0.29) is 12.3 Å². The van der Waals surface area contributed by atoms with Gasteiger partial charge in [-0.15, -0.1) is 10.2 Å². The first-order chi connectivity index (χ1) is 11.6. The van der Waals surface area contributed by atoms with Crippen molar-refractivity contribution in [2.24, 2.45) is 5.73 Å². The quantitative estimate of drug-likeness (QED) is 0.651. The molecular weight excluding hydrogens is 348 g/mol. The third kappa shape index (κ3) is 3.80. The predicted octanol–water partition coefficient (Wildman–Crippen LogP) is 3.36. The minimum absolute atomic E-state index is 0.200. The fourth-order valence-electron chi connectivity index (χ4n) is 2.16. The maximum Gasteiger partial charge on any atom is 0.219 e. The number of halogens is 1. The lowest BCUT2D eigenvalue weighted by Gasteiger charge is -2.08. The minimum Gasteiger partial charge on any atom is -0.461 e. The van der Waals surface area contributed by atoms with Crippen LogP contribution in [0.25, 0.3) is 11.6 Å². The number of amides is 1. The Morgan fingerprint density at radius 1 is 1.25 bits per heavy atom. The number of carbonyl (C=O) groups is 1. The van der Waals surface area contributed by atoms with Gasteiger partial charge in [0, 0.05) is 23.7 Å². The van der Waals surface area contributed by atoms with Gasteiger partial charge in [0.25, 0.3) is 0 Å². The second-order valence-electron chi connectivity index (χ2n) is 5.03. The number of aromatic nitrogens is 3. The van der Waals surface area contributed by atoms with Crippen LogP contribution >= 0.6 is 23.4 Å². The number of hydrogen-bond donors (Lipinski definition) is 1. The highest BCUT2D eigenvalue weighted by Crippen LogP contribution is 2.29. The van der Waals surface area contributed by atoms with Gasteiger partial charge < -0.3 is 10.2 Å². The molecule has 0 aliphatic rings. The zero-order valence-corrected chi connectivity index (χ0v) is 14.3. The largest absolute Gasteiger partial charge is 0.461 e. The van der Waals surface area contributed by atoms with Gasteiger partial charge in [0.1, 0.15) is 0 Å². The smallest absolute Gasteiger partial charge is 0.219 e. The summed E-state index contributed by atoms with van der Waals surface area (Å²) >= 11 is 7.68. The summed E-state index contributed by atoms with van der Waals surface area (Å²) in [7, 11) is 0. The number of thioether (sulfide) groups is 1. The Morgan fingerprint density at radius 2 is 2.08 bits per heavy atom. The maximum absolute atomic E-state index is 11.1. The number of hydrogen-bond acceptors (Lipinski definition) is 5. The summed E-state index contributed by atoms with van der Waals surface area (Å²) in [5, 5.41) is 9.79. The van der Waals surface area contributed by atoms with E-state index in [9.17, 15) is 4.79 Å². The highest BCUT2D eigenvalue weighted by atomic mass is 35.5. The summed E-state index contributed by atoms with van der Waals surface area (Å²) in [6.45, 7) is 0.392. The minimum atomic E-state index is -0.379. The van der Waals surface area contributed by atoms with Gasteiger partial charge in [0.2, 0.25) is 5.91 Å². The van der Waals surface area contributed by atoms with E-state index in [1.807, 2.05) is 28.8 Å². The third-order valence-corrected chi connectivity index (χ3v) is 4.74. The van der Waals surface area contributed by atoms with E-state index < -0.39 is 0 Å². The van der Waals surface area contributed by atoms with Crippen molar-refractivity contribution in [1.29, 1.82) is 0 Å². The average molecular weight is 363 g/mol. The van der Waals surface area contributed by atoms with Gasteiger partial charge in [-0.25, -0.2) is 0 Å². The molecule has 0 bridgehead atoms. The Labute approximate surface area is 148 Å². The molecular formula is C16H15ClN4O2S. The number of furan rings is 1. The molecule has 0 unspecified atom stereocenters. The molecule has 8 heteroatoms. The van der Waals surface area contributed by atoms with E-state index >= 15 is 0 Å². The van der Waals surface area contributed by atoms with Gasteiger partial charge in [-0.05, 0) is 23.8 Å².